The molecule has 1 aliphatic carbocycles. The summed E-state index contributed by atoms with van der Waals surface area (Å²) in [7, 11) is 0. The van der Waals surface area contributed by atoms with E-state index in [1.165, 1.54) is 12.1 Å². The zero-order chi connectivity index (χ0) is 28.3. The Morgan fingerprint density at radius 3 is 2.52 bits per heavy atom. The molecule has 1 aromatic heterocycles. The molecule has 0 unspecified atom stereocenters. The van der Waals surface area contributed by atoms with E-state index < -0.39 is 39.0 Å². The second kappa shape index (κ2) is 11.9. The van der Waals surface area contributed by atoms with E-state index in [0.717, 1.165) is 61.2 Å². The third-order valence-corrected chi connectivity index (χ3v) is 10.5. The van der Waals surface area contributed by atoms with Gasteiger partial charge in [0, 0.05) is 6.20 Å². The number of amides is 1. The van der Waals surface area contributed by atoms with E-state index in [2.05, 4.69) is 20.4 Å². The van der Waals surface area contributed by atoms with Crippen LogP contribution in [0.2, 0.25) is 4.71 Å². The number of halogens is 3. The zero-order valence-electron chi connectivity index (χ0n) is 21.8. The normalized spacial score (nSPS) is 24.0. The standard InChI is InChI=1S/C29H31AsF3N4O3/c31-29(32,33)23-3-1-2-20(14-23)27(39)34-17-26(38)30-24-10-13-37(18-24)25-8-11-28(40,12-9-25)22-6-4-19(5-7-22)21-15-35-36-16-21/h1-7,14-16,24-25,40H,8-13,17-18H2,(H,34,39)(H,35,36)/t24-,25?,28?/m1/s1. The Morgan fingerprint density at radius 1 is 1.10 bits per heavy atom. The Morgan fingerprint density at radius 2 is 1.85 bits per heavy atom. The van der Waals surface area contributed by atoms with E-state index in [1.54, 1.807) is 6.20 Å². The van der Waals surface area contributed by atoms with Crippen LogP contribution in [0, 0.1) is 0 Å². The van der Waals surface area contributed by atoms with Crippen molar-refractivity contribution in [3.63, 3.8) is 0 Å². The molecule has 11 heteroatoms. The summed E-state index contributed by atoms with van der Waals surface area (Å²) in [6.45, 7) is 1.57. The summed E-state index contributed by atoms with van der Waals surface area (Å²) in [6, 6.07) is 12.6. The number of carbonyl (C=O) groups excluding carboxylic acids is 2. The first-order chi connectivity index (χ1) is 19.1. The van der Waals surface area contributed by atoms with E-state index in [-0.39, 0.29) is 21.4 Å². The molecule has 1 saturated heterocycles. The van der Waals surface area contributed by atoms with Crippen molar-refractivity contribution in [1.29, 1.82) is 0 Å². The second-order valence-electron chi connectivity index (χ2n) is 10.5. The Bertz CT molecular complexity index is 1320. The summed E-state index contributed by atoms with van der Waals surface area (Å²) < 4.78 is 39.0. The number of aromatic amines is 1. The van der Waals surface area contributed by atoms with Gasteiger partial charge in [-0.3, -0.25) is 5.10 Å². The van der Waals surface area contributed by atoms with Crippen molar-refractivity contribution in [2.24, 2.45) is 0 Å². The first-order valence-corrected chi connectivity index (χ1v) is 15.4. The molecule has 3 aromatic rings. The zero-order valence-corrected chi connectivity index (χ0v) is 23.7. The van der Waals surface area contributed by atoms with Crippen LogP contribution in [0.25, 0.3) is 11.1 Å². The molecule has 2 heterocycles. The molecule has 2 aromatic carbocycles. The topological polar surface area (TPSA) is 98.3 Å². The van der Waals surface area contributed by atoms with E-state index in [0.29, 0.717) is 18.9 Å². The fraction of sp³-hybridized carbons (Fsp3) is 0.414. The third-order valence-electron chi connectivity index (χ3n) is 7.93. The van der Waals surface area contributed by atoms with Gasteiger partial charge in [0.1, 0.15) is 0 Å². The van der Waals surface area contributed by atoms with Crippen molar-refractivity contribution in [2.45, 2.75) is 54.6 Å². The summed E-state index contributed by atoms with van der Waals surface area (Å²) >= 11 is -0.656. The van der Waals surface area contributed by atoms with Crippen LogP contribution in [0.5, 0.6) is 0 Å². The molecule has 1 atom stereocenters. The average molecular weight is 616 g/mol. The van der Waals surface area contributed by atoms with Crippen LogP contribution in [-0.2, 0) is 16.6 Å². The average Bonchev–Trinajstić information content (AvgIpc) is 3.65. The van der Waals surface area contributed by atoms with Gasteiger partial charge >= 0.3 is 215 Å². The van der Waals surface area contributed by atoms with Crippen molar-refractivity contribution in [2.75, 3.05) is 19.6 Å². The SMILES string of the molecule is O=C(CNC(=O)c1cccc(C(F)(F)F)c1)[As][C@@H]1CCN(C2CCC(O)(c3ccc(-c4cn[nH]c4)cc3)CC2)C1. The van der Waals surface area contributed by atoms with Crippen LogP contribution in [0.3, 0.4) is 0 Å². The fourth-order valence-electron chi connectivity index (χ4n) is 5.66. The molecule has 7 nitrogen and oxygen atoms in total. The summed E-state index contributed by atoms with van der Waals surface area (Å²) in [5, 5.41) is 20.6. The van der Waals surface area contributed by atoms with Crippen LogP contribution in [0.4, 0.5) is 13.2 Å². The minimum absolute atomic E-state index is 0.0414. The Kier molecular flexibility index (Phi) is 8.49. The second-order valence-corrected chi connectivity index (χ2v) is 13.7. The van der Waals surface area contributed by atoms with Gasteiger partial charge in [0.2, 0.25) is 0 Å². The number of aromatic nitrogens is 2. The Labute approximate surface area is 237 Å². The van der Waals surface area contributed by atoms with Gasteiger partial charge in [-0.15, -0.1) is 0 Å². The maximum absolute atomic E-state index is 12.9. The molecule has 3 N–H and O–H groups in total. The minimum atomic E-state index is -4.53. The number of H-pyrrole nitrogens is 1. The molecule has 40 heavy (non-hydrogen) atoms. The molecule has 5 rings (SSSR count). The fourth-order valence-corrected chi connectivity index (χ4v) is 8.00. The van der Waals surface area contributed by atoms with E-state index in [4.69, 9.17) is 0 Å². The molecule has 2 fully saturated rings. The van der Waals surface area contributed by atoms with Crippen LogP contribution in [0.1, 0.15) is 53.6 Å². The van der Waals surface area contributed by atoms with Crippen LogP contribution < -0.4 is 5.32 Å². The number of hydrogen-bond acceptors (Lipinski definition) is 5. The van der Waals surface area contributed by atoms with Gasteiger partial charge in [-0.1, -0.05) is 0 Å². The number of benzene rings is 2. The quantitative estimate of drug-likeness (QED) is 0.327. The number of alkyl halides is 3. The predicted octanol–water partition coefficient (Wildman–Crippen LogP) is 4.38. The van der Waals surface area contributed by atoms with E-state index >= 15 is 0 Å². The van der Waals surface area contributed by atoms with Gasteiger partial charge in [-0.25, -0.2) is 0 Å². The third kappa shape index (κ3) is 6.67. The number of hydrogen-bond donors (Lipinski definition) is 3. The van der Waals surface area contributed by atoms with Crippen molar-refractivity contribution in [3.05, 3.63) is 77.6 Å². The van der Waals surface area contributed by atoms with Crippen molar-refractivity contribution in [1.82, 2.24) is 20.4 Å². The molecule has 2 aliphatic rings. The van der Waals surface area contributed by atoms with E-state index in [9.17, 15) is 27.9 Å². The first kappa shape index (κ1) is 28.6. The van der Waals surface area contributed by atoms with Crippen LogP contribution >= 0.6 is 0 Å². The molecular weight excluding hydrogens is 584 g/mol. The monoisotopic (exact) mass is 615 g/mol. The number of nitrogens with one attached hydrogen (secondary N) is 2. The molecular formula is C29H31AsF3N4O3. The molecule has 1 aliphatic heterocycles. The number of nitrogens with zero attached hydrogens (tertiary/aromatic N) is 2. The van der Waals surface area contributed by atoms with Gasteiger partial charge in [-0.05, 0) is 0 Å². The van der Waals surface area contributed by atoms with Gasteiger partial charge in [-0.2, -0.15) is 5.10 Å². The number of likely N-dealkylation sites (tertiary alicyclic amines) is 1. The van der Waals surface area contributed by atoms with Crippen LogP contribution in [0.15, 0.2) is 60.9 Å². The van der Waals surface area contributed by atoms with Crippen molar-refractivity contribution in [3.8, 4) is 11.1 Å². The van der Waals surface area contributed by atoms with Gasteiger partial charge in [0.05, 0.1) is 6.20 Å². The van der Waals surface area contributed by atoms with Gasteiger partial charge < -0.3 is 0 Å². The summed E-state index contributed by atoms with van der Waals surface area (Å²) in [5.41, 5.74) is 1.13. The molecule has 1 radical (unpaired) electrons. The summed E-state index contributed by atoms with van der Waals surface area (Å²) in [5.74, 6) is -0.681. The number of carbonyl (C=O) groups is 2. The number of aliphatic hydroxyl groups is 1. The number of rotatable bonds is 8. The summed E-state index contributed by atoms with van der Waals surface area (Å²) in [6.07, 6.45) is 3.11. The molecule has 1 saturated carbocycles. The van der Waals surface area contributed by atoms with Crippen molar-refractivity contribution >= 4 is 26.2 Å². The molecule has 0 bridgehead atoms. The van der Waals surface area contributed by atoms with E-state index in [1.807, 2.05) is 30.5 Å². The predicted molar refractivity (Wildman–Crippen MR) is 145 cm³/mol. The van der Waals surface area contributed by atoms with Crippen molar-refractivity contribution < 1.29 is 27.9 Å². The maximum atomic E-state index is 12.9. The molecule has 1 amide bonds. The molecule has 211 valence electrons. The first-order valence-electron chi connectivity index (χ1n) is 13.4. The molecule has 0 spiro atoms. The van der Waals surface area contributed by atoms with Gasteiger partial charge in [0.15, 0.2) is 0 Å². The summed E-state index contributed by atoms with van der Waals surface area (Å²) in [4.78, 5) is 27.3. The Hall–Kier alpha value is -2.94. The Balaban J connectivity index is 1.06. The van der Waals surface area contributed by atoms with Crippen LogP contribution in [-0.4, -0.2) is 72.1 Å². The van der Waals surface area contributed by atoms with Gasteiger partial charge in [0.25, 0.3) is 0 Å².